The van der Waals surface area contributed by atoms with E-state index in [4.69, 9.17) is 0 Å². The van der Waals surface area contributed by atoms with Crippen LogP contribution < -0.4 is 5.32 Å². The van der Waals surface area contributed by atoms with Crippen LogP contribution in [0, 0.1) is 17.8 Å². The first kappa shape index (κ1) is 16.5. The molecule has 0 bridgehead atoms. The number of hydrogen-bond donors (Lipinski definition) is 1. The average molecular weight is 268 g/mol. The van der Waals surface area contributed by atoms with Crippen molar-refractivity contribution < 1.29 is 4.79 Å². The van der Waals surface area contributed by atoms with Crippen LogP contribution in [0.15, 0.2) is 0 Å². The molecule has 0 aromatic carbocycles. The van der Waals surface area contributed by atoms with Gasteiger partial charge >= 0.3 is 0 Å². The quantitative estimate of drug-likeness (QED) is 0.802. The van der Waals surface area contributed by atoms with Crippen molar-refractivity contribution in [2.75, 3.05) is 0 Å². The molecule has 1 saturated heterocycles. The number of amides is 1. The average Bonchev–Trinajstić information content (AvgIpc) is 2.64. The molecular formula is C16H32N2O. The summed E-state index contributed by atoms with van der Waals surface area (Å²) in [6.07, 6.45) is 2.25. The van der Waals surface area contributed by atoms with Crippen LogP contribution in [0.25, 0.3) is 0 Å². The second-order valence-electron chi connectivity index (χ2n) is 6.91. The predicted molar refractivity (Wildman–Crippen MR) is 80.8 cm³/mol. The molecule has 3 nitrogen and oxygen atoms in total. The third kappa shape index (κ3) is 3.71. The van der Waals surface area contributed by atoms with Crippen molar-refractivity contribution in [3.05, 3.63) is 0 Å². The smallest absolute Gasteiger partial charge is 0.241 e. The van der Waals surface area contributed by atoms with E-state index in [-0.39, 0.29) is 12.2 Å². The van der Waals surface area contributed by atoms with E-state index >= 15 is 0 Å². The topological polar surface area (TPSA) is 32.3 Å². The Morgan fingerprint density at radius 1 is 1.16 bits per heavy atom. The van der Waals surface area contributed by atoms with E-state index in [1.807, 2.05) is 0 Å². The third-order valence-electron chi connectivity index (χ3n) is 4.47. The SMILES string of the molecule is CCC(C)C(C)N1C(=O)C(CC(C)C)NC1C(C)C. The van der Waals surface area contributed by atoms with Gasteiger partial charge in [-0.3, -0.25) is 10.1 Å². The van der Waals surface area contributed by atoms with E-state index in [0.29, 0.717) is 29.7 Å². The molecule has 1 fully saturated rings. The Balaban J connectivity index is 2.88. The fourth-order valence-corrected chi connectivity index (χ4v) is 2.90. The summed E-state index contributed by atoms with van der Waals surface area (Å²) in [5.41, 5.74) is 0. The van der Waals surface area contributed by atoms with E-state index < -0.39 is 0 Å². The number of carbonyl (C=O) groups excluding carboxylic acids is 1. The lowest BCUT2D eigenvalue weighted by molar-refractivity contribution is -0.133. The van der Waals surface area contributed by atoms with Crippen molar-refractivity contribution in [1.82, 2.24) is 10.2 Å². The van der Waals surface area contributed by atoms with Gasteiger partial charge in [0.25, 0.3) is 0 Å². The van der Waals surface area contributed by atoms with Crippen LogP contribution in [0.4, 0.5) is 0 Å². The Kier molecular flexibility index (Phi) is 5.84. The molecule has 1 aliphatic rings. The van der Waals surface area contributed by atoms with Gasteiger partial charge < -0.3 is 4.90 Å². The second-order valence-corrected chi connectivity index (χ2v) is 6.91. The fraction of sp³-hybridized carbons (Fsp3) is 0.938. The van der Waals surface area contributed by atoms with Crippen molar-refractivity contribution in [3.8, 4) is 0 Å². The molecule has 0 aromatic rings. The van der Waals surface area contributed by atoms with Crippen molar-refractivity contribution in [3.63, 3.8) is 0 Å². The minimum Gasteiger partial charge on any atom is -0.323 e. The molecule has 0 spiro atoms. The van der Waals surface area contributed by atoms with Crippen LogP contribution in [-0.2, 0) is 4.79 Å². The van der Waals surface area contributed by atoms with Gasteiger partial charge in [-0.2, -0.15) is 0 Å². The minimum atomic E-state index is 0.0129. The van der Waals surface area contributed by atoms with E-state index in [2.05, 4.69) is 58.7 Å². The van der Waals surface area contributed by atoms with Gasteiger partial charge in [0.15, 0.2) is 0 Å². The van der Waals surface area contributed by atoms with Gasteiger partial charge in [-0.25, -0.2) is 0 Å². The van der Waals surface area contributed by atoms with Gasteiger partial charge in [-0.05, 0) is 31.1 Å². The largest absolute Gasteiger partial charge is 0.323 e. The van der Waals surface area contributed by atoms with E-state index in [9.17, 15) is 4.79 Å². The zero-order chi connectivity index (χ0) is 14.7. The maximum atomic E-state index is 12.7. The number of hydrogen-bond acceptors (Lipinski definition) is 2. The Morgan fingerprint density at radius 3 is 2.16 bits per heavy atom. The summed E-state index contributed by atoms with van der Waals surface area (Å²) < 4.78 is 0. The highest BCUT2D eigenvalue weighted by atomic mass is 16.2. The molecule has 0 aromatic heterocycles. The number of nitrogens with zero attached hydrogens (tertiary/aromatic N) is 1. The molecule has 1 heterocycles. The van der Waals surface area contributed by atoms with Crippen LogP contribution in [0.3, 0.4) is 0 Å². The summed E-state index contributed by atoms with van der Waals surface area (Å²) in [4.78, 5) is 14.8. The monoisotopic (exact) mass is 268 g/mol. The maximum Gasteiger partial charge on any atom is 0.241 e. The molecule has 1 aliphatic heterocycles. The van der Waals surface area contributed by atoms with Crippen LogP contribution in [0.2, 0.25) is 0 Å². The molecule has 112 valence electrons. The van der Waals surface area contributed by atoms with Crippen LogP contribution in [0.5, 0.6) is 0 Å². The highest BCUT2D eigenvalue weighted by molar-refractivity contribution is 5.84. The molecule has 19 heavy (non-hydrogen) atoms. The summed E-state index contributed by atoms with van der Waals surface area (Å²) in [5.74, 6) is 1.85. The van der Waals surface area contributed by atoms with Crippen molar-refractivity contribution in [2.24, 2.45) is 17.8 Å². The van der Waals surface area contributed by atoms with Crippen LogP contribution in [-0.4, -0.2) is 29.1 Å². The summed E-state index contributed by atoms with van der Waals surface area (Å²) in [7, 11) is 0. The van der Waals surface area contributed by atoms with E-state index in [0.717, 1.165) is 12.8 Å². The summed E-state index contributed by atoms with van der Waals surface area (Å²) in [6.45, 7) is 15.4. The van der Waals surface area contributed by atoms with Gasteiger partial charge in [0.1, 0.15) is 0 Å². The molecular weight excluding hydrogens is 236 g/mol. The summed E-state index contributed by atoms with van der Waals surface area (Å²) in [6, 6.07) is 0.327. The van der Waals surface area contributed by atoms with Crippen LogP contribution >= 0.6 is 0 Å². The molecule has 0 radical (unpaired) electrons. The van der Waals surface area contributed by atoms with E-state index in [1.165, 1.54) is 0 Å². The zero-order valence-corrected chi connectivity index (χ0v) is 13.7. The maximum absolute atomic E-state index is 12.7. The molecule has 1 rings (SSSR count). The first-order valence-corrected chi connectivity index (χ1v) is 7.87. The molecule has 4 unspecified atom stereocenters. The Hall–Kier alpha value is -0.570. The lowest BCUT2D eigenvalue weighted by Gasteiger charge is -2.35. The highest BCUT2D eigenvalue weighted by Crippen LogP contribution is 2.27. The van der Waals surface area contributed by atoms with Crippen molar-refractivity contribution in [1.29, 1.82) is 0 Å². The number of nitrogens with one attached hydrogen (secondary N) is 1. The Labute approximate surface area is 119 Å². The van der Waals surface area contributed by atoms with Crippen molar-refractivity contribution >= 4 is 5.91 Å². The summed E-state index contributed by atoms with van der Waals surface area (Å²) in [5, 5.41) is 3.56. The highest BCUT2D eigenvalue weighted by Gasteiger charge is 2.43. The first-order valence-electron chi connectivity index (χ1n) is 7.87. The predicted octanol–water partition coefficient (Wildman–Crippen LogP) is 3.25. The molecule has 3 heteroatoms. The second kappa shape index (κ2) is 6.74. The standard InChI is InChI=1S/C16H32N2O/c1-8-12(6)13(7)18-15(11(4)5)17-14(16(18)19)9-10(2)3/h10-15,17H,8-9H2,1-7H3. The molecule has 0 saturated carbocycles. The number of carbonyl (C=O) groups is 1. The van der Waals surface area contributed by atoms with Gasteiger partial charge in [-0.15, -0.1) is 0 Å². The molecule has 1 amide bonds. The van der Waals surface area contributed by atoms with Crippen molar-refractivity contribution in [2.45, 2.75) is 79.6 Å². The first-order chi connectivity index (χ1) is 8.79. The summed E-state index contributed by atoms with van der Waals surface area (Å²) >= 11 is 0. The van der Waals surface area contributed by atoms with E-state index in [1.54, 1.807) is 0 Å². The number of rotatable bonds is 6. The molecule has 1 N–H and O–H groups in total. The van der Waals surface area contributed by atoms with Gasteiger partial charge in [-0.1, -0.05) is 48.0 Å². The third-order valence-corrected chi connectivity index (χ3v) is 4.47. The van der Waals surface area contributed by atoms with Gasteiger partial charge in [0, 0.05) is 6.04 Å². The lowest BCUT2D eigenvalue weighted by Crippen LogP contribution is -2.48. The van der Waals surface area contributed by atoms with Crippen LogP contribution in [0.1, 0.15) is 61.3 Å². The molecule has 0 aliphatic carbocycles. The van der Waals surface area contributed by atoms with Gasteiger partial charge in [0.05, 0.1) is 12.2 Å². The molecule has 4 atom stereocenters. The lowest BCUT2D eigenvalue weighted by atomic mass is 9.97. The Bertz CT molecular complexity index is 301. The normalized spacial score (nSPS) is 27.4. The Morgan fingerprint density at radius 2 is 1.74 bits per heavy atom. The zero-order valence-electron chi connectivity index (χ0n) is 13.7. The van der Waals surface area contributed by atoms with Gasteiger partial charge in [0.2, 0.25) is 5.91 Å². The fourth-order valence-electron chi connectivity index (χ4n) is 2.90. The minimum absolute atomic E-state index is 0.0129.